The van der Waals surface area contributed by atoms with Crippen molar-refractivity contribution in [1.29, 1.82) is 0 Å². The van der Waals surface area contributed by atoms with Crippen molar-refractivity contribution >= 4 is 23.5 Å². The Hall–Kier alpha value is -1.94. The maximum Gasteiger partial charge on any atom is 0.248 e. The monoisotopic (exact) mass is 249 g/mol. The van der Waals surface area contributed by atoms with Gasteiger partial charge in [-0.25, -0.2) is 0 Å². The van der Waals surface area contributed by atoms with E-state index in [9.17, 15) is 4.79 Å². The fraction of sp³-hybridized carbons (Fsp3) is 0.0769. The Balaban J connectivity index is 0.000000270. The van der Waals surface area contributed by atoms with Gasteiger partial charge in [0, 0.05) is 5.56 Å². The molecule has 90 valence electrons. The Morgan fingerprint density at radius 3 is 1.82 bits per heavy atom. The number of primary amides is 1. The van der Waals surface area contributed by atoms with Gasteiger partial charge in [-0.2, -0.15) is 11.3 Å². The fourth-order valence-corrected chi connectivity index (χ4v) is 1.28. The SMILES string of the molecule is CC=O.NC(=O)c1ccccc1.c1ccsc1. The van der Waals surface area contributed by atoms with Crippen LogP contribution in [0.3, 0.4) is 0 Å². The second-order valence-corrected chi connectivity index (χ2v) is 3.58. The molecule has 1 heterocycles. The van der Waals surface area contributed by atoms with Crippen molar-refractivity contribution in [1.82, 2.24) is 0 Å². The molecular formula is C13H15NO2S. The molecule has 2 aromatic rings. The Morgan fingerprint density at radius 2 is 1.59 bits per heavy atom. The van der Waals surface area contributed by atoms with Gasteiger partial charge in [0.15, 0.2) is 0 Å². The van der Waals surface area contributed by atoms with Crippen molar-refractivity contribution in [3.05, 3.63) is 58.8 Å². The molecule has 0 unspecified atom stereocenters. The van der Waals surface area contributed by atoms with E-state index in [0.29, 0.717) is 5.56 Å². The van der Waals surface area contributed by atoms with E-state index in [-0.39, 0.29) is 5.91 Å². The number of nitrogens with two attached hydrogens (primary N) is 1. The van der Waals surface area contributed by atoms with Crippen LogP contribution in [0.2, 0.25) is 0 Å². The quantitative estimate of drug-likeness (QED) is 0.790. The Labute approximate surface area is 105 Å². The Morgan fingerprint density at radius 1 is 1.12 bits per heavy atom. The van der Waals surface area contributed by atoms with Crippen LogP contribution < -0.4 is 5.73 Å². The number of carbonyl (C=O) groups excluding carboxylic acids is 2. The summed E-state index contributed by atoms with van der Waals surface area (Å²) in [5.74, 6) is -0.379. The lowest BCUT2D eigenvalue weighted by atomic mass is 10.2. The lowest BCUT2D eigenvalue weighted by Gasteiger charge is -1.89. The molecule has 17 heavy (non-hydrogen) atoms. The first-order valence-corrected chi connectivity index (χ1v) is 5.88. The second kappa shape index (κ2) is 10.6. The van der Waals surface area contributed by atoms with Gasteiger partial charge in [-0.1, -0.05) is 30.3 Å². The van der Waals surface area contributed by atoms with Crippen LogP contribution in [-0.2, 0) is 4.79 Å². The molecular weight excluding hydrogens is 234 g/mol. The van der Waals surface area contributed by atoms with Crippen molar-refractivity contribution in [2.45, 2.75) is 6.92 Å². The van der Waals surface area contributed by atoms with Crippen LogP contribution in [0.5, 0.6) is 0 Å². The maximum atomic E-state index is 10.4. The molecule has 0 fully saturated rings. The van der Waals surface area contributed by atoms with E-state index in [0.717, 1.165) is 6.29 Å². The van der Waals surface area contributed by atoms with Gasteiger partial charge in [0.25, 0.3) is 0 Å². The largest absolute Gasteiger partial charge is 0.366 e. The third kappa shape index (κ3) is 9.02. The first kappa shape index (κ1) is 15.1. The van der Waals surface area contributed by atoms with Crippen LogP contribution in [0.15, 0.2) is 53.2 Å². The Bertz CT molecular complexity index is 381. The van der Waals surface area contributed by atoms with Gasteiger partial charge in [0.2, 0.25) is 5.91 Å². The summed E-state index contributed by atoms with van der Waals surface area (Å²) in [5.41, 5.74) is 5.53. The summed E-state index contributed by atoms with van der Waals surface area (Å²) in [7, 11) is 0. The first-order valence-electron chi connectivity index (χ1n) is 4.94. The highest BCUT2D eigenvalue weighted by Crippen LogP contribution is 1.94. The first-order chi connectivity index (χ1) is 8.22. The van der Waals surface area contributed by atoms with E-state index in [4.69, 9.17) is 10.5 Å². The fourth-order valence-electron chi connectivity index (χ4n) is 0.829. The summed E-state index contributed by atoms with van der Waals surface area (Å²) >= 11 is 1.71. The molecule has 0 saturated carbocycles. The van der Waals surface area contributed by atoms with Crippen LogP contribution in [0, 0.1) is 0 Å². The number of benzene rings is 1. The molecule has 2 N–H and O–H groups in total. The van der Waals surface area contributed by atoms with Gasteiger partial charge in [0.1, 0.15) is 6.29 Å². The number of hydrogen-bond acceptors (Lipinski definition) is 3. The molecule has 3 nitrogen and oxygen atoms in total. The van der Waals surface area contributed by atoms with Gasteiger partial charge in [-0.3, -0.25) is 4.79 Å². The molecule has 0 saturated heterocycles. The predicted molar refractivity (Wildman–Crippen MR) is 71.0 cm³/mol. The van der Waals surface area contributed by atoms with Gasteiger partial charge >= 0.3 is 0 Å². The lowest BCUT2D eigenvalue weighted by Crippen LogP contribution is -2.09. The van der Waals surface area contributed by atoms with Crippen LogP contribution in [-0.4, -0.2) is 12.2 Å². The molecule has 0 bridgehead atoms. The highest BCUT2D eigenvalue weighted by atomic mass is 32.1. The molecule has 0 atom stereocenters. The van der Waals surface area contributed by atoms with E-state index in [1.807, 2.05) is 29.0 Å². The highest BCUT2D eigenvalue weighted by Gasteiger charge is 1.93. The summed E-state index contributed by atoms with van der Waals surface area (Å²) in [4.78, 5) is 19.2. The van der Waals surface area contributed by atoms with Crippen LogP contribution in [0.4, 0.5) is 0 Å². The predicted octanol–water partition coefficient (Wildman–Crippen LogP) is 2.74. The van der Waals surface area contributed by atoms with Crippen molar-refractivity contribution in [3.63, 3.8) is 0 Å². The molecule has 1 amide bonds. The molecule has 0 aliphatic rings. The summed E-state index contributed by atoms with van der Waals surface area (Å²) in [6.45, 7) is 1.44. The van der Waals surface area contributed by atoms with Crippen molar-refractivity contribution in [2.75, 3.05) is 0 Å². The van der Waals surface area contributed by atoms with Gasteiger partial charge in [0.05, 0.1) is 0 Å². The maximum absolute atomic E-state index is 10.4. The van der Waals surface area contributed by atoms with E-state index in [2.05, 4.69) is 0 Å². The minimum absolute atomic E-state index is 0.379. The minimum Gasteiger partial charge on any atom is -0.366 e. The molecule has 0 spiro atoms. The molecule has 0 radical (unpaired) electrons. The number of hydrogen-bond donors (Lipinski definition) is 1. The normalized spacial score (nSPS) is 7.82. The van der Waals surface area contributed by atoms with E-state index in [1.165, 1.54) is 6.92 Å². The van der Waals surface area contributed by atoms with E-state index < -0.39 is 0 Å². The van der Waals surface area contributed by atoms with Crippen molar-refractivity contribution < 1.29 is 9.59 Å². The second-order valence-electron chi connectivity index (χ2n) is 2.76. The molecule has 4 heteroatoms. The zero-order valence-electron chi connectivity index (χ0n) is 9.58. The molecule has 1 aromatic carbocycles. The average Bonchev–Trinajstić information content (AvgIpc) is 2.90. The standard InChI is InChI=1S/C7H7NO.C4H4S.C2H4O/c8-7(9)6-4-2-1-3-5-6;1-2-4-5-3-1;1-2-3/h1-5H,(H2,8,9);1-4H;2H,1H3. The van der Waals surface area contributed by atoms with E-state index >= 15 is 0 Å². The van der Waals surface area contributed by atoms with Gasteiger partial charge in [-0.05, 0) is 29.8 Å². The lowest BCUT2D eigenvalue weighted by molar-refractivity contribution is -0.106. The zero-order chi connectivity index (χ0) is 12.9. The van der Waals surface area contributed by atoms with Gasteiger partial charge in [-0.15, -0.1) is 0 Å². The summed E-state index contributed by atoms with van der Waals surface area (Å²) < 4.78 is 0. The average molecular weight is 249 g/mol. The molecule has 0 aliphatic carbocycles. The smallest absolute Gasteiger partial charge is 0.248 e. The topological polar surface area (TPSA) is 60.2 Å². The summed E-state index contributed by atoms with van der Waals surface area (Å²) in [6.07, 6.45) is 0.750. The summed E-state index contributed by atoms with van der Waals surface area (Å²) in [5, 5.41) is 4.08. The summed E-state index contributed by atoms with van der Waals surface area (Å²) in [6, 6.07) is 12.8. The van der Waals surface area contributed by atoms with Crippen LogP contribution in [0.1, 0.15) is 17.3 Å². The third-order valence-corrected chi connectivity index (χ3v) is 2.11. The number of amides is 1. The Kier molecular flexibility index (Phi) is 9.37. The minimum atomic E-state index is -0.379. The third-order valence-electron chi connectivity index (χ3n) is 1.48. The van der Waals surface area contributed by atoms with Crippen LogP contribution >= 0.6 is 11.3 Å². The number of rotatable bonds is 1. The number of thiophene rings is 1. The highest BCUT2D eigenvalue weighted by molar-refractivity contribution is 7.07. The van der Waals surface area contributed by atoms with Gasteiger partial charge < -0.3 is 10.5 Å². The van der Waals surface area contributed by atoms with E-state index in [1.54, 1.807) is 35.6 Å². The molecule has 0 aliphatic heterocycles. The van der Waals surface area contributed by atoms with Crippen molar-refractivity contribution in [2.24, 2.45) is 5.73 Å². The number of carbonyl (C=O) groups is 2. The zero-order valence-corrected chi connectivity index (χ0v) is 10.4. The molecule has 2 rings (SSSR count). The van der Waals surface area contributed by atoms with Crippen LogP contribution in [0.25, 0.3) is 0 Å². The molecule has 1 aromatic heterocycles. The number of aldehydes is 1. The van der Waals surface area contributed by atoms with Crippen molar-refractivity contribution in [3.8, 4) is 0 Å².